The SMILES string of the molecule is CC(=O)N1C[C@@H](C)N(c2cc(C)cc(-c3cc(-c4ccnn4C4CCOCC4)c4c(N)ncnn34)c2)[C@@H](C)C1. The van der Waals surface area contributed by atoms with Crippen molar-refractivity contribution in [3.05, 3.63) is 48.4 Å². The fraction of sp³-hybridized carbons (Fsp3) is 0.448. The number of hydrogen-bond acceptors (Lipinski definition) is 7. The Morgan fingerprint density at radius 3 is 2.49 bits per heavy atom. The van der Waals surface area contributed by atoms with Crippen LogP contribution in [0.4, 0.5) is 11.5 Å². The Morgan fingerprint density at radius 1 is 1.03 bits per heavy atom. The monoisotopic (exact) mass is 528 g/mol. The first kappa shape index (κ1) is 25.4. The number of hydrogen-bond donors (Lipinski definition) is 1. The second kappa shape index (κ2) is 10.00. The van der Waals surface area contributed by atoms with Crippen LogP contribution in [-0.2, 0) is 9.53 Å². The molecule has 2 N–H and O–H groups in total. The number of amides is 1. The summed E-state index contributed by atoms with van der Waals surface area (Å²) in [7, 11) is 0. The minimum absolute atomic E-state index is 0.128. The summed E-state index contributed by atoms with van der Waals surface area (Å²) < 4.78 is 9.60. The highest BCUT2D eigenvalue weighted by molar-refractivity contribution is 5.91. The fourth-order valence-corrected chi connectivity index (χ4v) is 6.37. The van der Waals surface area contributed by atoms with E-state index >= 15 is 0 Å². The molecule has 0 aliphatic carbocycles. The lowest BCUT2D eigenvalue weighted by molar-refractivity contribution is -0.130. The van der Waals surface area contributed by atoms with Gasteiger partial charge in [0.25, 0.3) is 0 Å². The van der Waals surface area contributed by atoms with Gasteiger partial charge in [0.15, 0.2) is 5.82 Å². The van der Waals surface area contributed by atoms with Crippen molar-refractivity contribution in [1.29, 1.82) is 0 Å². The second-order valence-electron chi connectivity index (χ2n) is 10.9. The first-order valence-electron chi connectivity index (χ1n) is 13.7. The number of fused-ring (bicyclic) bond motifs is 1. The lowest BCUT2D eigenvalue weighted by atomic mass is 10.0. The van der Waals surface area contributed by atoms with Crippen LogP contribution in [-0.4, -0.2) is 73.6 Å². The standard InChI is InChI=1S/C29H36N8O2/c1-18-11-22(13-24(12-18)35-19(2)15-34(21(4)38)16-20(35)3)27-14-25(28-29(30)31-17-33-37(27)28)26-5-8-32-36(26)23-6-9-39-10-7-23/h5,8,11-14,17,19-20,23H,6-7,9-10,15-16H2,1-4H3,(H2,30,31,33)/t19-,20+. The van der Waals surface area contributed by atoms with Gasteiger partial charge in [0, 0.05) is 68.3 Å². The summed E-state index contributed by atoms with van der Waals surface area (Å²) in [4.78, 5) is 20.8. The summed E-state index contributed by atoms with van der Waals surface area (Å²) in [6.07, 6.45) is 5.21. The second-order valence-corrected chi connectivity index (χ2v) is 10.9. The van der Waals surface area contributed by atoms with Crippen LogP contribution in [0.1, 0.15) is 45.2 Å². The molecule has 0 saturated carbocycles. The third kappa shape index (κ3) is 4.52. The van der Waals surface area contributed by atoms with Gasteiger partial charge >= 0.3 is 0 Å². The number of ether oxygens (including phenoxy) is 1. The number of carbonyl (C=O) groups excluding carboxylic acids is 1. The highest BCUT2D eigenvalue weighted by atomic mass is 16.5. The molecular formula is C29H36N8O2. The van der Waals surface area contributed by atoms with Crippen LogP contribution in [0.5, 0.6) is 0 Å². The maximum absolute atomic E-state index is 12.1. The van der Waals surface area contributed by atoms with Gasteiger partial charge in [0.05, 0.1) is 17.4 Å². The molecule has 204 valence electrons. The van der Waals surface area contributed by atoms with E-state index in [1.165, 1.54) is 6.33 Å². The zero-order valence-corrected chi connectivity index (χ0v) is 23.0. The molecule has 10 nitrogen and oxygen atoms in total. The van der Waals surface area contributed by atoms with Crippen molar-refractivity contribution < 1.29 is 9.53 Å². The smallest absolute Gasteiger partial charge is 0.219 e. The van der Waals surface area contributed by atoms with Gasteiger partial charge in [-0.15, -0.1) is 0 Å². The zero-order valence-electron chi connectivity index (χ0n) is 23.0. The summed E-state index contributed by atoms with van der Waals surface area (Å²) in [5, 5.41) is 9.34. The molecule has 39 heavy (non-hydrogen) atoms. The third-order valence-corrected chi connectivity index (χ3v) is 8.09. The van der Waals surface area contributed by atoms with Gasteiger partial charge in [-0.05, 0) is 69.5 Å². The first-order valence-corrected chi connectivity index (χ1v) is 13.7. The molecule has 3 aromatic heterocycles. The summed E-state index contributed by atoms with van der Waals surface area (Å²) in [5.74, 6) is 0.559. The third-order valence-electron chi connectivity index (χ3n) is 8.09. The van der Waals surface area contributed by atoms with Crippen molar-refractivity contribution in [2.24, 2.45) is 0 Å². The predicted molar refractivity (Wildman–Crippen MR) is 152 cm³/mol. The minimum Gasteiger partial charge on any atom is -0.382 e. The van der Waals surface area contributed by atoms with Gasteiger partial charge in [-0.2, -0.15) is 10.2 Å². The van der Waals surface area contributed by atoms with E-state index in [4.69, 9.17) is 15.6 Å². The van der Waals surface area contributed by atoms with Crippen LogP contribution in [0.25, 0.3) is 28.0 Å². The number of piperazine rings is 1. The van der Waals surface area contributed by atoms with E-state index in [2.05, 4.69) is 64.7 Å². The van der Waals surface area contributed by atoms with Crippen molar-refractivity contribution in [1.82, 2.24) is 29.3 Å². The van der Waals surface area contributed by atoms with Crippen molar-refractivity contribution in [2.45, 2.75) is 58.7 Å². The number of aryl methyl sites for hydroxylation is 1. The van der Waals surface area contributed by atoms with Gasteiger partial charge < -0.3 is 20.3 Å². The Balaban J connectivity index is 1.45. The van der Waals surface area contributed by atoms with E-state index in [1.807, 2.05) is 21.7 Å². The van der Waals surface area contributed by atoms with Crippen LogP contribution in [0.3, 0.4) is 0 Å². The van der Waals surface area contributed by atoms with Gasteiger partial charge in [-0.1, -0.05) is 0 Å². The van der Waals surface area contributed by atoms with E-state index in [0.29, 0.717) is 18.9 Å². The molecule has 1 aromatic carbocycles. The van der Waals surface area contributed by atoms with E-state index in [9.17, 15) is 4.79 Å². The van der Waals surface area contributed by atoms with Crippen molar-refractivity contribution in [2.75, 3.05) is 36.9 Å². The zero-order chi connectivity index (χ0) is 27.3. The number of aromatic nitrogens is 5. The van der Waals surface area contributed by atoms with Crippen molar-refractivity contribution >= 4 is 22.9 Å². The van der Waals surface area contributed by atoms with Crippen LogP contribution in [0, 0.1) is 6.92 Å². The molecule has 10 heteroatoms. The van der Waals surface area contributed by atoms with E-state index in [-0.39, 0.29) is 24.0 Å². The Morgan fingerprint density at radius 2 is 1.77 bits per heavy atom. The molecule has 2 aliphatic heterocycles. The number of anilines is 2. The molecule has 6 rings (SSSR count). The van der Waals surface area contributed by atoms with Crippen LogP contribution in [0.2, 0.25) is 0 Å². The number of nitrogens with two attached hydrogens (primary N) is 1. The molecule has 2 aliphatic rings. The molecule has 2 fully saturated rings. The normalized spacial score (nSPS) is 20.6. The number of benzene rings is 1. The minimum atomic E-state index is 0.128. The van der Waals surface area contributed by atoms with E-state index < -0.39 is 0 Å². The Bertz CT molecular complexity index is 1510. The van der Waals surface area contributed by atoms with Gasteiger partial charge in [-0.3, -0.25) is 9.48 Å². The molecule has 1 amide bonds. The maximum atomic E-state index is 12.1. The predicted octanol–water partition coefficient (Wildman–Crippen LogP) is 3.95. The Hall–Kier alpha value is -3.92. The molecule has 4 aromatic rings. The fourth-order valence-electron chi connectivity index (χ4n) is 6.37. The number of carbonyl (C=O) groups is 1. The maximum Gasteiger partial charge on any atom is 0.219 e. The van der Waals surface area contributed by atoms with Crippen LogP contribution in [0.15, 0.2) is 42.9 Å². The molecule has 2 atom stereocenters. The molecular weight excluding hydrogens is 492 g/mol. The number of nitrogens with zero attached hydrogens (tertiary/aromatic N) is 7. The Kier molecular flexibility index (Phi) is 6.50. The quantitative estimate of drug-likeness (QED) is 0.427. The lowest BCUT2D eigenvalue weighted by Crippen LogP contribution is -2.58. The van der Waals surface area contributed by atoms with Gasteiger partial charge in [0.1, 0.15) is 11.8 Å². The molecule has 0 unspecified atom stereocenters. The lowest BCUT2D eigenvalue weighted by Gasteiger charge is -2.45. The Labute approximate surface area is 228 Å². The number of nitrogen functional groups attached to an aromatic ring is 1. The molecule has 5 heterocycles. The molecule has 0 radical (unpaired) electrons. The summed E-state index contributed by atoms with van der Waals surface area (Å²) in [6, 6.07) is 11.5. The average Bonchev–Trinajstić information content (AvgIpc) is 3.54. The van der Waals surface area contributed by atoms with Gasteiger partial charge in [-0.25, -0.2) is 9.50 Å². The highest BCUT2D eigenvalue weighted by Crippen LogP contribution is 2.38. The summed E-state index contributed by atoms with van der Waals surface area (Å²) in [6.45, 7) is 11.0. The molecule has 0 bridgehead atoms. The van der Waals surface area contributed by atoms with E-state index in [1.54, 1.807) is 6.92 Å². The van der Waals surface area contributed by atoms with Crippen LogP contribution < -0.4 is 10.6 Å². The highest BCUT2D eigenvalue weighted by Gasteiger charge is 2.31. The van der Waals surface area contributed by atoms with E-state index in [0.717, 1.165) is 65.3 Å². The molecule has 0 spiro atoms. The van der Waals surface area contributed by atoms with Crippen molar-refractivity contribution in [3.63, 3.8) is 0 Å². The number of rotatable bonds is 4. The topological polar surface area (TPSA) is 107 Å². The summed E-state index contributed by atoms with van der Waals surface area (Å²) >= 11 is 0. The van der Waals surface area contributed by atoms with Crippen LogP contribution >= 0.6 is 0 Å². The first-order chi connectivity index (χ1) is 18.8. The van der Waals surface area contributed by atoms with Crippen molar-refractivity contribution in [3.8, 4) is 22.5 Å². The largest absolute Gasteiger partial charge is 0.382 e. The average molecular weight is 529 g/mol. The molecule has 2 saturated heterocycles. The van der Waals surface area contributed by atoms with Gasteiger partial charge in [0.2, 0.25) is 5.91 Å². The summed E-state index contributed by atoms with van der Waals surface area (Å²) in [5.41, 5.74) is 13.5.